The highest BCUT2D eigenvalue weighted by molar-refractivity contribution is 5.69. The molecule has 0 radical (unpaired) electrons. The van der Waals surface area contributed by atoms with E-state index in [0.29, 0.717) is 30.2 Å². The van der Waals surface area contributed by atoms with Gasteiger partial charge in [-0.3, -0.25) is 4.90 Å². The molecule has 4 aliphatic rings. The maximum absolute atomic E-state index is 12.2. The van der Waals surface area contributed by atoms with E-state index in [1.54, 1.807) is 4.90 Å². The molecule has 0 aromatic rings. The Labute approximate surface area is 115 Å². The van der Waals surface area contributed by atoms with Crippen LogP contribution in [0, 0.1) is 23.7 Å². The minimum absolute atomic E-state index is 0.292. The number of rotatable bonds is 0. The lowest BCUT2D eigenvalue weighted by Gasteiger charge is -2.45. The van der Waals surface area contributed by atoms with Gasteiger partial charge in [0.2, 0.25) is 0 Å². The van der Waals surface area contributed by atoms with E-state index in [0.717, 1.165) is 0 Å². The monoisotopic (exact) mass is 267 g/mol. The molecule has 4 heteroatoms. The molecule has 0 aromatic heterocycles. The maximum atomic E-state index is 12.2. The van der Waals surface area contributed by atoms with Crippen LogP contribution in [0.2, 0.25) is 0 Å². The number of fused-ring (bicyclic) bond motifs is 2. The highest BCUT2D eigenvalue weighted by atomic mass is 16.6. The van der Waals surface area contributed by atoms with Crippen LogP contribution in [-0.2, 0) is 4.74 Å². The summed E-state index contributed by atoms with van der Waals surface area (Å²) in [4.78, 5) is 13.8. The number of hydrogen-bond donors (Lipinski definition) is 1. The van der Waals surface area contributed by atoms with E-state index in [2.05, 4.69) is 0 Å². The van der Waals surface area contributed by atoms with Crippen LogP contribution in [0.3, 0.4) is 0 Å². The van der Waals surface area contributed by atoms with Gasteiger partial charge < -0.3 is 9.84 Å². The summed E-state index contributed by atoms with van der Waals surface area (Å²) in [7, 11) is 0. The van der Waals surface area contributed by atoms with Gasteiger partial charge in [0, 0.05) is 12.5 Å². The van der Waals surface area contributed by atoms with Crippen molar-refractivity contribution in [1.82, 2.24) is 4.90 Å². The molecular formula is C15H25NO3. The first-order chi connectivity index (χ1) is 8.87. The average molecular weight is 267 g/mol. The Hall–Kier alpha value is -0.770. The fourth-order valence-corrected chi connectivity index (χ4v) is 4.40. The van der Waals surface area contributed by atoms with Crippen molar-refractivity contribution < 1.29 is 14.6 Å². The molecule has 0 spiro atoms. The third-order valence-corrected chi connectivity index (χ3v) is 5.16. The van der Waals surface area contributed by atoms with Gasteiger partial charge in [-0.1, -0.05) is 0 Å². The number of amides is 1. The van der Waals surface area contributed by atoms with Crippen molar-refractivity contribution in [2.45, 2.75) is 58.3 Å². The normalized spacial score (nSPS) is 41.3. The summed E-state index contributed by atoms with van der Waals surface area (Å²) in [5.41, 5.74) is -0.496. The van der Waals surface area contributed by atoms with E-state index in [1.165, 1.54) is 25.7 Å². The molecule has 3 unspecified atom stereocenters. The van der Waals surface area contributed by atoms with Crippen LogP contribution in [0.4, 0.5) is 4.79 Å². The summed E-state index contributed by atoms with van der Waals surface area (Å²) < 4.78 is 5.42. The molecule has 108 valence electrons. The highest BCUT2D eigenvalue weighted by Gasteiger charge is 2.54. The largest absolute Gasteiger partial charge is 0.444 e. The molecule has 1 aliphatic heterocycles. The summed E-state index contributed by atoms with van der Waals surface area (Å²) in [6.07, 6.45) is 4.03. The van der Waals surface area contributed by atoms with Crippen molar-refractivity contribution in [2.75, 3.05) is 6.54 Å². The number of carbonyl (C=O) groups excluding carboxylic acids is 1. The lowest BCUT2D eigenvalue weighted by molar-refractivity contribution is -0.0547. The number of nitrogens with zero attached hydrogens (tertiary/aromatic N) is 1. The second-order valence-corrected chi connectivity index (χ2v) is 7.46. The van der Waals surface area contributed by atoms with Gasteiger partial charge in [-0.2, -0.15) is 0 Å². The SMILES string of the molecule is CC(C)(C)OC(=O)N1CC2C3CCC(CC3)C2C1O. The zero-order valence-corrected chi connectivity index (χ0v) is 12.1. The molecule has 1 amide bonds. The Kier molecular flexibility index (Phi) is 3.04. The fraction of sp³-hybridized carbons (Fsp3) is 0.933. The summed E-state index contributed by atoms with van der Waals surface area (Å²) >= 11 is 0. The predicted octanol–water partition coefficient (Wildman–Crippen LogP) is 2.61. The minimum Gasteiger partial charge on any atom is -0.444 e. The molecule has 4 nitrogen and oxygen atoms in total. The van der Waals surface area contributed by atoms with Crippen LogP contribution in [0.15, 0.2) is 0 Å². The quantitative estimate of drug-likeness (QED) is 0.734. The van der Waals surface area contributed by atoms with E-state index >= 15 is 0 Å². The number of likely N-dealkylation sites (tertiary alicyclic amines) is 1. The summed E-state index contributed by atoms with van der Waals surface area (Å²) in [5.74, 6) is 2.10. The molecule has 1 saturated heterocycles. The first kappa shape index (κ1) is 13.2. The average Bonchev–Trinajstić information content (AvgIpc) is 2.69. The van der Waals surface area contributed by atoms with Gasteiger partial charge in [0.1, 0.15) is 11.8 Å². The first-order valence-electron chi connectivity index (χ1n) is 7.54. The Morgan fingerprint density at radius 1 is 1.16 bits per heavy atom. The van der Waals surface area contributed by atoms with Gasteiger partial charge in [-0.05, 0) is 64.2 Å². The molecule has 3 aliphatic carbocycles. The minimum atomic E-state index is -0.632. The van der Waals surface area contributed by atoms with E-state index in [4.69, 9.17) is 4.74 Å². The van der Waals surface area contributed by atoms with Crippen molar-refractivity contribution in [3.63, 3.8) is 0 Å². The van der Waals surface area contributed by atoms with Gasteiger partial charge in [0.25, 0.3) is 0 Å². The van der Waals surface area contributed by atoms with E-state index in [1.807, 2.05) is 20.8 Å². The topological polar surface area (TPSA) is 49.8 Å². The Bertz CT molecular complexity index is 368. The van der Waals surface area contributed by atoms with Crippen molar-refractivity contribution >= 4 is 6.09 Å². The number of ether oxygens (including phenoxy) is 1. The molecule has 3 atom stereocenters. The summed E-state index contributed by atoms with van der Waals surface area (Å²) in [5, 5.41) is 10.5. The summed E-state index contributed by atoms with van der Waals surface area (Å²) in [6.45, 7) is 6.28. The molecule has 0 aromatic carbocycles. The predicted molar refractivity (Wildman–Crippen MR) is 71.4 cm³/mol. The van der Waals surface area contributed by atoms with Crippen molar-refractivity contribution in [2.24, 2.45) is 23.7 Å². The maximum Gasteiger partial charge on any atom is 0.412 e. The lowest BCUT2D eigenvalue weighted by Crippen LogP contribution is -2.44. The second-order valence-electron chi connectivity index (χ2n) is 7.46. The summed E-state index contributed by atoms with van der Waals surface area (Å²) in [6, 6.07) is 0. The molecule has 2 bridgehead atoms. The molecule has 4 rings (SSSR count). The second kappa shape index (κ2) is 4.37. The van der Waals surface area contributed by atoms with Gasteiger partial charge in [0.05, 0.1) is 0 Å². The van der Waals surface area contributed by atoms with Crippen LogP contribution in [0.25, 0.3) is 0 Å². The van der Waals surface area contributed by atoms with Crippen LogP contribution in [0.1, 0.15) is 46.5 Å². The zero-order chi connectivity index (χ0) is 13.8. The molecule has 4 fully saturated rings. The zero-order valence-electron chi connectivity index (χ0n) is 12.1. The third kappa shape index (κ3) is 2.24. The Morgan fingerprint density at radius 2 is 1.74 bits per heavy atom. The van der Waals surface area contributed by atoms with Crippen molar-refractivity contribution in [3.8, 4) is 0 Å². The van der Waals surface area contributed by atoms with Crippen molar-refractivity contribution in [1.29, 1.82) is 0 Å². The van der Waals surface area contributed by atoms with Crippen LogP contribution in [0.5, 0.6) is 0 Å². The molecule has 3 saturated carbocycles. The molecule has 1 heterocycles. The molecule has 19 heavy (non-hydrogen) atoms. The van der Waals surface area contributed by atoms with E-state index in [-0.39, 0.29) is 6.09 Å². The number of hydrogen-bond acceptors (Lipinski definition) is 3. The molecule has 1 N–H and O–H groups in total. The Morgan fingerprint density at radius 3 is 2.26 bits per heavy atom. The number of carbonyl (C=O) groups is 1. The number of aliphatic hydroxyl groups is 1. The van der Waals surface area contributed by atoms with Crippen molar-refractivity contribution in [3.05, 3.63) is 0 Å². The lowest BCUT2D eigenvalue weighted by atomic mass is 9.59. The third-order valence-electron chi connectivity index (χ3n) is 5.16. The van der Waals surface area contributed by atoms with Crippen LogP contribution in [-0.4, -0.2) is 34.5 Å². The number of aliphatic hydroxyl groups excluding tert-OH is 1. The van der Waals surface area contributed by atoms with Gasteiger partial charge >= 0.3 is 6.09 Å². The Balaban J connectivity index is 1.74. The highest BCUT2D eigenvalue weighted by Crippen LogP contribution is 2.53. The van der Waals surface area contributed by atoms with E-state index in [9.17, 15) is 9.90 Å². The van der Waals surface area contributed by atoms with E-state index < -0.39 is 11.8 Å². The smallest absolute Gasteiger partial charge is 0.412 e. The van der Waals surface area contributed by atoms with Crippen LogP contribution >= 0.6 is 0 Å². The standard InChI is InChI=1S/C15H25NO3/c1-15(2,3)19-14(18)16-8-11-9-4-6-10(7-5-9)12(11)13(16)17/h9-13,17H,4-8H2,1-3H3. The molecular weight excluding hydrogens is 242 g/mol. The van der Waals surface area contributed by atoms with Crippen LogP contribution < -0.4 is 0 Å². The van der Waals surface area contributed by atoms with Gasteiger partial charge in [0.15, 0.2) is 0 Å². The fourth-order valence-electron chi connectivity index (χ4n) is 4.40. The van der Waals surface area contributed by atoms with Gasteiger partial charge in [-0.15, -0.1) is 0 Å². The van der Waals surface area contributed by atoms with Gasteiger partial charge in [-0.25, -0.2) is 4.79 Å². The first-order valence-corrected chi connectivity index (χ1v) is 7.54.